The highest BCUT2D eigenvalue weighted by Crippen LogP contribution is 2.16. The van der Waals surface area contributed by atoms with Gasteiger partial charge in [0.25, 0.3) is 5.91 Å². The van der Waals surface area contributed by atoms with Gasteiger partial charge in [0.05, 0.1) is 11.3 Å². The summed E-state index contributed by atoms with van der Waals surface area (Å²) in [5.41, 5.74) is 0.590. The molecule has 0 aliphatic rings. The minimum atomic E-state index is -0.343. The molecule has 2 N–H and O–H groups in total. The highest BCUT2D eigenvalue weighted by molar-refractivity contribution is 6.00. The highest BCUT2D eigenvalue weighted by Gasteiger charge is 2.17. The highest BCUT2D eigenvalue weighted by atomic mass is 16.1. The van der Waals surface area contributed by atoms with Crippen molar-refractivity contribution < 1.29 is 4.79 Å². The molecule has 0 saturated heterocycles. The number of rotatable bonds is 3. The zero-order valence-electron chi connectivity index (χ0n) is 11.7. The standard InChI is InChI=1S/C15H16N4O/c1-15(2,3)19-14(20)12-6-4-5-7-13(12)18-10-11(8-16)9-17/h4-7,10,18H,1-3H3,(H,19,20). The van der Waals surface area contributed by atoms with Crippen LogP contribution in [0.25, 0.3) is 0 Å². The molecule has 0 unspecified atom stereocenters. The molecule has 0 fully saturated rings. The normalized spacial score (nSPS) is 9.85. The number of carbonyl (C=O) groups is 1. The number of benzene rings is 1. The van der Waals surface area contributed by atoms with E-state index in [4.69, 9.17) is 10.5 Å². The molecular formula is C15H16N4O. The van der Waals surface area contributed by atoms with Crippen molar-refractivity contribution in [3.8, 4) is 12.1 Å². The third-order valence-corrected chi connectivity index (χ3v) is 2.27. The van der Waals surface area contributed by atoms with Crippen molar-refractivity contribution >= 4 is 11.6 Å². The number of para-hydroxylation sites is 1. The van der Waals surface area contributed by atoms with Crippen LogP contribution in [-0.4, -0.2) is 11.4 Å². The smallest absolute Gasteiger partial charge is 0.253 e. The molecule has 0 aliphatic carbocycles. The van der Waals surface area contributed by atoms with Gasteiger partial charge in [0, 0.05) is 11.7 Å². The van der Waals surface area contributed by atoms with Gasteiger partial charge in [-0.1, -0.05) is 12.1 Å². The Morgan fingerprint density at radius 2 is 1.80 bits per heavy atom. The van der Waals surface area contributed by atoms with Gasteiger partial charge in [-0.2, -0.15) is 10.5 Å². The van der Waals surface area contributed by atoms with Gasteiger partial charge in [0.1, 0.15) is 17.7 Å². The molecule has 0 aliphatic heterocycles. The van der Waals surface area contributed by atoms with Gasteiger partial charge in [0.15, 0.2) is 0 Å². The van der Waals surface area contributed by atoms with Gasteiger partial charge in [-0.15, -0.1) is 0 Å². The largest absolute Gasteiger partial charge is 0.359 e. The topological polar surface area (TPSA) is 88.7 Å². The van der Waals surface area contributed by atoms with Gasteiger partial charge < -0.3 is 10.6 Å². The lowest BCUT2D eigenvalue weighted by atomic mass is 10.1. The summed E-state index contributed by atoms with van der Waals surface area (Å²) in [5.74, 6) is -0.218. The van der Waals surface area contributed by atoms with Crippen LogP contribution in [0.4, 0.5) is 5.69 Å². The second-order valence-corrected chi connectivity index (χ2v) is 5.18. The van der Waals surface area contributed by atoms with Crippen LogP contribution < -0.4 is 10.6 Å². The fourth-order valence-corrected chi connectivity index (χ4v) is 1.45. The van der Waals surface area contributed by atoms with E-state index < -0.39 is 0 Å². The number of allylic oxidation sites excluding steroid dienone is 1. The first-order valence-corrected chi connectivity index (χ1v) is 6.06. The maximum Gasteiger partial charge on any atom is 0.253 e. The average molecular weight is 268 g/mol. The number of carbonyl (C=O) groups excluding carboxylic acids is 1. The van der Waals surface area contributed by atoms with E-state index in [0.29, 0.717) is 11.3 Å². The number of hydrogen-bond donors (Lipinski definition) is 2. The molecule has 1 aromatic carbocycles. The lowest BCUT2D eigenvalue weighted by Crippen LogP contribution is -2.40. The predicted octanol–water partition coefficient (Wildman–Crippen LogP) is 2.56. The van der Waals surface area contributed by atoms with Crippen LogP contribution in [0.1, 0.15) is 31.1 Å². The fraction of sp³-hybridized carbons (Fsp3) is 0.267. The van der Waals surface area contributed by atoms with E-state index >= 15 is 0 Å². The van der Waals surface area contributed by atoms with E-state index in [1.54, 1.807) is 36.4 Å². The van der Waals surface area contributed by atoms with E-state index in [1.807, 2.05) is 20.8 Å². The molecule has 0 spiro atoms. The maximum atomic E-state index is 12.2. The van der Waals surface area contributed by atoms with Gasteiger partial charge in [-0.25, -0.2) is 0 Å². The van der Waals surface area contributed by atoms with Crippen molar-refractivity contribution in [2.45, 2.75) is 26.3 Å². The number of hydrogen-bond acceptors (Lipinski definition) is 4. The summed E-state index contributed by atoms with van der Waals surface area (Å²) in [6.45, 7) is 5.68. The third-order valence-electron chi connectivity index (χ3n) is 2.27. The SMILES string of the molecule is CC(C)(C)NC(=O)c1ccccc1NC=C(C#N)C#N. The van der Waals surface area contributed by atoms with Crippen LogP contribution in [0.3, 0.4) is 0 Å². The Labute approximate surface area is 118 Å². The second-order valence-electron chi connectivity index (χ2n) is 5.18. The molecular weight excluding hydrogens is 252 g/mol. The first-order valence-electron chi connectivity index (χ1n) is 6.06. The van der Waals surface area contributed by atoms with Crippen molar-refractivity contribution in [2.24, 2.45) is 0 Å². The zero-order valence-corrected chi connectivity index (χ0v) is 11.7. The first kappa shape index (κ1) is 15.3. The lowest BCUT2D eigenvalue weighted by molar-refractivity contribution is 0.0920. The van der Waals surface area contributed by atoms with Crippen molar-refractivity contribution in [3.63, 3.8) is 0 Å². The number of amides is 1. The van der Waals surface area contributed by atoms with Crippen LogP contribution in [0.15, 0.2) is 36.0 Å². The minimum Gasteiger partial charge on any atom is -0.359 e. The number of nitrogens with one attached hydrogen (secondary N) is 2. The van der Waals surface area contributed by atoms with Crippen molar-refractivity contribution in [1.29, 1.82) is 10.5 Å². The Morgan fingerprint density at radius 1 is 1.20 bits per heavy atom. The molecule has 0 saturated carbocycles. The number of nitrogens with zero attached hydrogens (tertiary/aromatic N) is 2. The van der Waals surface area contributed by atoms with Gasteiger partial charge in [-0.05, 0) is 32.9 Å². The summed E-state index contributed by atoms with van der Waals surface area (Å²) in [5, 5.41) is 23.0. The van der Waals surface area contributed by atoms with E-state index in [-0.39, 0.29) is 17.0 Å². The Hall–Kier alpha value is -2.79. The van der Waals surface area contributed by atoms with E-state index in [1.165, 1.54) is 6.20 Å². The average Bonchev–Trinajstić information content (AvgIpc) is 2.38. The lowest BCUT2D eigenvalue weighted by Gasteiger charge is -2.21. The third kappa shape index (κ3) is 4.47. The molecule has 0 aromatic heterocycles. The van der Waals surface area contributed by atoms with Crippen LogP contribution in [0.2, 0.25) is 0 Å². The molecule has 1 amide bonds. The Kier molecular flexibility index (Phi) is 4.88. The monoisotopic (exact) mass is 268 g/mol. The Bertz CT molecular complexity index is 596. The van der Waals surface area contributed by atoms with E-state index in [9.17, 15) is 4.79 Å². The fourth-order valence-electron chi connectivity index (χ4n) is 1.45. The van der Waals surface area contributed by atoms with Crippen LogP contribution in [0.5, 0.6) is 0 Å². The van der Waals surface area contributed by atoms with E-state index in [0.717, 1.165) is 0 Å². The minimum absolute atomic E-state index is 0.0592. The molecule has 0 radical (unpaired) electrons. The van der Waals surface area contributed by atoms with Gasteiger partial charge in [-0.3, -0.25) is 4.79 Å². The van der Waals surface area contributed by atoms with Crippen molar-refractivity contribution in [3.05, 3.63) is 41.6 Å². The molecule has 0 bridgehead atoms. The molecule has 5 nitrogen and oxygen atoms in total. The Balaban J connectivity index is 3.01. The summed E-state index contributed by atoms with van der Waals surface area (Å²) in [7, 11) is 0. The van der Waals surface area contributed by atoms with Gasteiger partial charge >= 0.3 is 0 Å². The van der Waals surface area contributed by atoms with E-state index in [2.05, 4.69) is 10.6 Å². The molecule has 20 heavy (non-hydrogen) atoms. The first-order chi connectivity index (χ1) is 9.37. The summed E-state index contributed by atoms with van der Waals surface area (Å²) >= 11 is 0. The number of anilines is 1. The number of nitriles is 2. The van der Waals surface area contributed by atoms with Crippen LogP contribution >= 0.6 is 0 Å². The summed E-state index contributed by atoms with van der Waals surface area (Å²) in [4.78, 5) is 12.2. The summed E-state index contributed by atoms with van der Waals surface area (Å²) in [6, 6.07) is 10.4. The molecule has 102 valence electrons. The zero-order chi connectivity index (χ0) is 15.2. The maximum absolute atomic E-state index is 12.2. The molecule has 0 heterocycles. The molecule has 5 heteroatoms. The quantitative estimate of drug-likeness (QED) is 0.824. The predicted molar refractivity (Wildman–Crippen MR) is 76.6 cm³/mol. The Morgan fingerprint density at radius 3 is 2.35 bits per heavy atom. The molecule has 1 aromatic rings. The summed E-state index contributed by atoms with van der Waals surface area (Å²) < 4.78 is 0. The van der Waals surface area contributed by atoms with Gasteiger partial charge in [0.2, 0.25) is 0 Å². The molecule has 0 atom stereocenters. The second kappa shape index (κ2) is 6.40. The summed E-state index contributed by atoms with van der Waals surface area (Å²) in [6.07, 6.45) is 1.28. The molecule has 1 rings (SSSR count). The van der Waals surface area contributed by atoms with Crippen LogP contribution in [-0.2, 0) is 0 Å². The van der Waals surface area contributed by atoms with Crippen molar-refractivity contribution in [2.75, 3.05) is 5.32 Å². The van der Waals surface area contributed by atoms with Crippen LogP contribution in [0, 0.1) is 22.7 Å². The van der Waals surface area contributed by atoms with Crippen molar-refractivity contribution in [1.82, 2.24) is 5.32 Å².